The Bertz CT molecular complexity index is 1750. The minimum atomic E-state index is 0.400. The van der Waals surface area contributed by atoms with Gasteiger partial charge in [-0.3, -0.25) is 0 Å². The molecule has 0 bridgehead atoms. The number of fused-ring (bicyclic) bond motifs is 4. The molecule has 0 radical (unpaired) electrons. The first-order chi connectivity index (χ1) is 19.4. The highest BCUT2D eigenvalue weighted by atomic mass is 15.0. The zero-order valence-corrected chi connectivity index (χ0v) is 22.3. The van der Waals surface area contributed by atoms with Crippen LogP contribution in [0.5, 0.6) is 0 Å². The second kappa shape index (κ2) is 9.27. The van der Waals surface area contributed by atoms with E-state index in [1.165, 1.54) is 44.2 Å². The Morgan fingerprint density at radius 2 is 1.46 bits per heavy atom. The number of hydrogen-bond donors (Lipinski definition) is 0. The molecule has 0 aliphatic heterocycles. The predicted molar refractivity (Wildman–Crippen MR) is 165 cm³/mol. The summed E-state index contributed by atoms with van der Waals surface area (Å²) >= 11 is 0. The number of para-hydroxylation sites is 2. The maximum absolute atomic E-state index is 2.50. The molecule has 5 aliphatic carbocycles. The first-order valence-electron chi connectivity index (χ1n) is 14.6. The highest BCUT2D eigenvalue weighted by Gasteiger charge is 2.38. The number of allylic oxidation sites excluding steroid dienone is 18. The van der Waals surface area contributed by atoms with E-state index in [-0.39, 0.29) is 0 Å². The SMILES string of the molecule is C1=CC2=C(C3=CCCC=C3)C3=C(C=CCC3)C(C3=CC=C(n4c5ccccc5c5ccccc54)CC3)C2C=C1. The molecule has 0 spiro atoms. The van der Waals surface area contributed by atoms with Crippen molar-refractivity contribution in [3.8, 4) is 0 Å². The van der Waals surface area contributed by atoms with Crippen molar-refractivity contribution in [3.63, 3.8) is 0 Å². The number of benzene rings is 2. The van der Waals surface area contributed by atoms with E-state index < -0.39 is 0 Å². The summed E-state index contributed by atoms with van der Waals surface area (Å²) in [7, 11) is 0. The van der Waals surface area contributed by atoms with Crippen LogP contribution in [0, 0.1) is 11.8 Å². The maximum Gasteiger partial charge on any atom is 0.0537 e. The maximum atomic E-state index is 2.50. The van der Waals surface area contributed by atoms with Gasteiger partial charge in [0.1, 0.15) is 0 Å². The highest BCUT2D eigenvalue weighted by Crippen LogP contribution is 2.51. The average molecular weight is 504 g/mol. The van der Waals surface area contributed by atoms with Gasteiger partial charge >= 0.3 is 0 Å². The van der Waals surface area contributed by atoms with E-state index in [9.17, 15) is 0 Å². The van der Waals surface area contributed by atoms with Gasteiger partial charge in [0, 0.05) is 28.3 Å². The monoisotopic (exact) mass is 503 g/mol. The van der Waals surface area contributed by atoms with Gasteiger partial charge in [-0.05, 0) is 84.6 Å². The Morgan fingerprint density at radius 3 is 2.21 bits per heavy atom. The first kappa shape index (κ1) is 22.8. The topological polar surface area (TPSA) is 4.93 Å². The molecule has 1 heterocycles. The molecule has 0 amide bonds. The number of nitrogens with zero attached hydrogens (tertiary/aromatic N) is 1. The highest BCUT2D eigenvalue weighted by molar-refractivity contribution is 6.10. The van der Waals surface area contributed by atoms with Crippen LogP contribution in [0.25, 0.3) is 27.5 Å². The summed E-state index contributed by atoms with van der Waals surface area (Å²) in [4.78, 5) is 0. The molecule has 0 fully saturated rings. The average Bonchev–Trinajstić information content (AvgIpc) is 3.35. The molecule has 190 valence electrons. The number of rotatable bonds is 3. The van der Waals surface area contributed by atoms with Crippen molar-refractivity contribution in [2.24, 2.45) is 11.8 Å². The molecule has 2 aromatic carbocycles. The lowest BCUT2D eigenvalue weighted by Crippen LogP contribution is -2.28. The third kappa shape index (κ3) is 3.60. The number of aromatic nitrogens is 1. The van der Waals surface area contributed by atoms with Gasteiger partial charge in [0.2, 0.25) is 0 Å². The lowest BCUT2D eigenvalue weighted by Gasteiger charge is -2.41. The van der Waals surface area contributed by atoms with Gasteiger partial charge in [0.05, 0.1) is 11.0 Å². The van der Waals surface area contributed by atoms with Gasteiger partial charge in [-0.2, -0.15) is 0 Å². The van der Waals surface area contributed by atoms with Crippen molar-refractivity contribution in [1.29, 1.82) is 0 Å². The van der Waals surface area contributed by atoms with E-state index >= 15 is 0 Å². The summed E-state index contributed by atoms with van der Waals surface area (Å²) in [6.07, 6.45) is 33.1. The van der Waals surface area contributed by atoms with E-state index in [1.807, 2.05) is 0 Å². The van der Waals surface area contributed by atoms with Gasteiger partial charge in [0.25, 0.3) is 0 Å². The molecule has 1 nitrogen and oxygen atoms in total. The second-order valence-electron chi connectivity index (χ2n) is 11.4. The van der Waals surface area contributed by atoms with Crippen molar-refractivity contribution >= 4 is 27.5 Å². The Hall–Kier alpha value is -4.10. The summed E-state index contributed by atoms with van der Waals surface area (Å²) in [5.74, 6) is 0.817. The summed E-state index contributed by atoms with van der Waals surface area (Å²) < 4.78 is 2.50. The van der Waals surface area contributed by atoms with E-state index in [4.69, 9.17) is 0 Å². The standard InChI is InChI=1S/C38H33N/c1-2-12-26(13-3-1)37-31-16-4-6-18-33(31)38(34-19-7-5-17-32(34)37)27-22-24-28(25-23-27)39-35-20-10-8-14-29(35)30-15-9-11-21-36(30)39/h2,4,6-16,18-22,24,33,38H,1,3,5,17,23,25H2. The third-order valence-corrected chi connectivity index (χ3v) is 9.27. The molecule has 8 rings (SSSR count). The molecule has 0 saturated heterocycles. The summed E-state index contributed by atoms with van der Waals surface area (Å²) in [6, 6.07) is 17.7. The van der Waals surface area contributed by atoms with Gasteiger partial charge < -0.3 is 4.57 Å². The predicted octanol–water partition coefficient (Wildman–Crippen LogP) is 9.95. The Morgan fingerprint density at radius 1 is 0.667 bits per heavy atom. The van der Waals surface area contributed by atoms with Crippen molar-refractivity contribution in [2.45, 2.75) is 38.5 Å². The Labute approximate surface area is 230 Å². The molecule has 5 aliphatic rings. The molecule has 0 saturated carbocycles. The van der Waals surface area contributed by atoms with Gasteiger partial charge in [-0.25, -0.2) is 0 Å². The van der Waals surface area contributed by atoms with Crippen LogP contribution in [0.3, 0.4) is 0 Å². The fourth-order valence-electron chi connectivity index (χ4n) is 7.60. The van der Waals surface area contributed by atoms with Crippen LogP contribution in [-0.4, -0.2) is 4.57 Å². The molecule has 2 unspecified atom stereocenters. The second-order valence-corrected chi connectivity index (χ2v) is 11.4. The fraction of sp³-hybridized carbons (Fsp3) is 0.211. The Balaban J connectivity index is 1.25. The van der Waals surface area contributed by atoms with Crippen LogP contribution in [0.4, 0.5) is 0 Å². The van der Waals surface area contributed by atoms with Crippen molar-refractivity contribution in [3.05, 3.63) is 149 Å². The largest absolute Gasteiger partial charge is 0.313 e. The van der Waals surface area contributed by atoms with Crippen molar-refractivity contribution < 1.29 is 0 Å². The molecule has 2 atom stereocenters. The van der Waals surface area contributed by atoms with E-state index in [0.717, 1.165) is 38.5 Å². The molecule has 1 heteroatoms. The normalized spacial score (nSPS) is 24.2. The lowest BCUT2D eigenvalue weighted by atomic mass is 9.63. The van der Waals surface area contributed by atoms with Crippen LogP contribution in [0.2, 0.25) is 0 Å². The van der Waals surface area contributed by atoms with Crippen molar-refractivity contribution in [1.82, 2.24) is 4.57 Å². The van der Waals surface area contributed by atoms with E-state index in [0.29, 0.717) is 11.8 Å². The van der Waals surface area contributed by atoms with Crippen molar-refractivity contribution in [2.75, 3.05) is 0 Å². The summed E-state index contributed by atoms with van der Waals surface area (Å²) in [5.41, 5.74) is 13.2. The zero-order chi connectivity index (χ0) is 25.8. The molecule has 39 heavy (non-hydrogen) atoms. The minimum Gasteiger partial charge on any atom is -0.313 e. The van der Waals surface area contributed by atoms with Gasteiger partial charge in [0.15, 0.2) is 0 Å². The molecule has 0 N–H and O–H groups in total. The van der Waals surface area contributed by atoms with E-state index in [1.54, 1.807) is 16.7 Å². The van der Waals surface area contributed by atoms with Crippen LogP contribution in [0.15, 0.2) is 149 Å². The first-order valence-corrected chi connectivity index (χ1v) is 14.6. The summed E-state index contributed by atoms with van der Waals surface area (Å²) in [5, 5.41) is 2.68. The zero-order valence-electron chi connectivity index (χ0n) is 22.3. The summed E-state index contributed by atoms with van der Waals surface area (Å²) in [6.45, 7) is 0. The number of hydrogen-bond acceptors (Lipinski definition) is 0. The molecule has 1 aromatic heterocycles. The molecular weight excluding hydrogens is 470 g/mol. The third-order valence-electron chi connectivity index (χ3n) is 9.27. The Kier molecular flexibility index (Phi) is 5.43. The van der Waals surface area contributed by atoms with Crippen LogP contribution in [0.1, 0.15) is 38.5 Å². The van der Waals surface area contributed by atoms with Crippen LogP contribution in [-0.2, 0) is 0 Å². The molecular formula is C38H33N. The van der Waals surface area contributed by atoms with Gasteiger partial charge in [-0.1, -0.05) is 103 Å². The van der Waals surface area contributed by atoms with Crippen LogP contribution >= 0.6 is 0 Å². The van der Waals surface area contributed by atoms with Gasteiger partial charge in [-0.15, -0.1) is 0 Å². The minimum absolute atomic E-state index is 0.400. The quantitative estimate of drug-likeness (QED) is 0.335. The van der Waals surface area contributed by atoms with E-state index in [2.05, 4.69) is 120 Å². The fourth-order valence-corrected chi connectivity index (χ4v) is 7.60. The van der Waals surface area contributed by atoms with Crippen LogP contribution < -0.4 is 0 Å². The smallest absolute Gasteiger partial charge is 0.0537 e. The lowest BCUT2D eigenvalue weighted by molar-refractivity contribution is 0.547. The molecule has 3 aromatic rings.